The molecule has 1 aromatic rings. The van der Waals surface area contributed by atoms with Gasteiger partial charge in [0.1, 0.15) is 0 Å². The van der Waals surface area contributed by atoms with E-state index in [1.807, 2.05) is 0 Å². The molecule has 0 unspecified atom stereocenters. The maximum Gasteiger partial charge on any atom is 0.405 e. The molecule has 0 radical (unpaired) electrons. The first-order valence-corrected chi connectivity index (χ1v) is 7.58. The molecule has 0 spiro atoms. The van der Waals surface area contributed by atoms with Crippen molar-refractivity contribution in [2.24, 2.45) is 0 Å². The van der Waals surface area contributed by atoms with Gasteiger partial charge in [-0.15, -0.1) is 0 Å². The van der Waals surface area contributed by atoms with Gasteiger partial charge in [0, 0.05) is 0 Å². The fraction of sp³-hybridized carbons (Fsp3) is 0.417. The lowest BCUT2D eigenvalue weighted by atomic mass is 10.2. The summed E-state index contributed by atoms with van der Waals surface area (Å²) in [5.41, 5.74) is 0.537. The molecule has 0 heterocycles. The first-order chi connectivity index (χ1) is 9.03. The molecule has 1 atom stereocenters. The summed E-state index contributed by atoms with van der Waals surface area (Å²) in [5.74, 6) is -1.04. The van der Waals surface area contributed by atoms with E-state index in [1.54, 1.807) is 44.2 Å². The molecule has 1 aromatic carbocycles. The Kier molecular flexibility index (Phi) is 6.02. The molecular formula is C12H18NO5P. The number of amides is 1. The Hall–Kier alpha value is -1.36. The van der Waals surface area contributed by atoms with E-state index in [9.17, 15) is 9.36 Å². The van der Waals surface area contributed by atoms with E-state index in [1.165, 1.54) is 0 Å². The zero-order valence-electron chi connectivity index (χ0n) is 10.9. The van der Waals surface area contributed by atoms with Crippen LogP contribution in [0.5, 0.6) is 0 Å². The van der Waals surface area contributed by atoms with Gasteiger partial charge in [-0.2, -0.15) is 0 Å². The predicted octanol–water partition coefficient (Wildman–Crippen LogP) is 3.22. The van der Waals surface area contributed by atoms with E-state index >= 15 is 0 Å². The average Bonchev–Trinajstić information content (AvgIpc) is 2.37. The summed E-state index contributed by atoms with van der Waals surface area (Å²) in [7, 11) is -3.60. The summed E-state index contributed by atoms with van der Waals surface area (Å²) in [4.78, 5) is 10.9. The quantitative estimate of drug-likeness (QED) is 0.752. The second-order valence-electron chi connectivity index (χ2n) is 3.64. The number of rotatable bonds is 7. The largest absolute Gasteiger partial charge is 0.465 e. The van der Waals surface area contributed by atoms with Crippen LogP contribution in [0.15, 0.2) is 30.3 Å². The van der Waals surface area contributed by atoms with E-state index in [-0.39, 0.29) is 13.2 Å². The van der Waals surface area contributed by atoms with Crippen LogP contribution in [0.1, 0.15) is 25.2 Å². The van der Waals surface area contributed by atoms with E-state index in [0.29, 0.717) is 5.56 Å². The normalized spacial score (nSPS) is 12.9. The second kappa shape index (κ2) is 7.28. The molecule has 2 N–H and O–H groups in total. The first kappa shape index (κ1) is 15.7. The topological polar surface area (TPSA) is 84.9 Å². The van der Waals surface area contributed by atoms with Crippen molar-refractivity contribution >= 4 is 13.7 Å². The molecule has 0 fully saturated rings. The number of nitrogens with one attached hydrogen (secondary N) is 1. The zero-order valence-corrected chi connectivity index (χ0v) is 11.8. The Balaban J connectivity index is 3.14. The highest BCUT2D eigenvalue weighted by Gasteiger charge is 2.38. The molecule has 6 nitrogen and oxygen atoms in total. The van der Waals surface area contributed by atoms with Gasteiger partial charge < -0.3 is 19.5 Å². The van der Waals surface area contributed by atoms with Gasteiger partial charge in [0.15, 0.2) is 5.78 Å². The Labute approximate surface area is 112 Å². The van der Waals surface area contributed by atoms with Crippen LogP contribution >= 0.6 is 7.60 Å². The highest BCUT2D eigenvalue weighted by molar-refractivity contribution is 7.54. The smallest absolute Gasteiger partial charge is 0.405 e. The molecule has 106 valence electrons. The minimum absolute atomic E-state index is 0.169. The van der Waals surface area contributed by atoms with Gasteiger partial charge in [-0.3, -0.25) is 4.57 Å². The number of hydrogen-bond donors (Lipinski definition) is 2. The van der Waals surface area contributed by atoms with E-state index in [0.717, 1.165) is 0 Å². The van der Waals surface area contributed by atoms with Crippen molar-refractivity contribution in [2.45, 2.75) is 19.6 Å². The molecule has 0 aromatic heterocycles. The van der Waals surface area contributed by atoms with Crippen LogP contribution in [-0.2, 0) is 13.6 Å². The van der Waals surface area contributed by atoms with Gasteiger partial charge in [0.05, 0.1) is 13.2 Å². The third-order valence-corrected chi connectivity index (χ3v) is 4.61. The number of benzene rings is 1. The highest BCUT2D eigenvalue weighted by Crippen LogP contribution is 2.59. The third-order valence-electron chi connectivity index (χ3n) is 2.31. The highest BCUT2D eigenvalue weighted by atomic mass is 31.2. The van der Waals surface area contributed by atoms with Crippen LogP contribution in [0.3, 0.4) is 0 Å². The molecule has 0 saturated carbocycles. The van der Waals surface area contributed by atoms with Gasteiger partial charge in [-0.1, -0.05) is 30.3 Å². The molecule has 0 aliphatic rings. The van der Waals surface area contributed by atoms with Gasteiger partial charge in [0.2, 0.25) is 0 Å². The van der Waals surface area contributed by atoms with Crippen molar-refractivity contribution in [3.05, 3.63) is 35.9 Å². The van der Waals surface area contributed by atoms with Crippen molar-refractivity contribution in [3.63, 3.8) is 0 Å². The summed E-state index contributed by atoms with van der Waals surface area (Å²) in [6.45, 7) is 3.69. The summed E-state index contributed by atoms with van der Waals surface area (Å²) in [6, 6.07) is 8.59. The van der Waals surface area contributed by atoms with Crippen LogP contribution in [0, 0.1) is 0 Å². The Morgan fingerprint density at radius 3 is 2.21 bits per heavy atom. The van der Waals surface area contributed by atoms with Crippen LogP contribution in [0.4, 0.5) is 4.79 Å². The molecule has 19 heavy (non-hydrogen) atoms. The van der Waals surface area contributed by atoms with Crippen molar-refractivity contribution in [2.75, 3.05) is 13.2 Å². The first-order valence-electron chi connectivity index (χ1n) is 5.96. The van der Waals surface area contributed by atoms with Crippen molar-refractivity contribution in [1.29, 1.82) is 0 Å². The minimum Gasteiger partial charge on any atom is -0.465 e. The maximum atomic E-state index is 12.7. The summed E-state index contributed by atoms with van der Waals surface area (Å²) in [5, 5.41) is 11.1. The Morgan fingerprint density at radius 2 is 1.79 bits per heavy atom. The molecule has 7 heteroatoms. The third kappa shape index (κ3) is 4.35. The van der Waals surface area contributed by atoms with Crippen LogP contribution in [0.2, 0.25) is 0 Å². The molecule has 0 saturated heterocycles. The van der Waals surface area contributed by atoms with Crippen LogP contribution in [-0.4, -0.2) is 24.4 Å². The van der Waals surface area contributed by atoms with Gasteiger partial charge in [-0.05, 0) is 19.4 Å². The van der Waals surface area contributed by atoms with Crippen molar-refractivity contribution < 1.29 is 23.5 Å². The van der Waals surface area contributed by atoms with E-state index < -0.39 is 19.5 Å². The second-order valence-corrected chi connectivity index (χ2v) is 5.75. The molecule has 0 aliphatic heterocycles. The fourth-order valence-corrected chi connectivity index (χ4v) is 3.54. The number of hydrogen-bond acceptors (Lipinski definition) is 4. The summed E-state index contributed by atoms with van der Waals surface area (Å²) < 4.78 is 23.1. The molecule has 1 amide bonds. The standard InChI is InChI=1S/C12H18NO5P/c1-3-17-19(16,18-4-2)11(13-12(14)15)10-8-6-5-7-9-10/h5-9,11,13H,3-4H2,1-2H3,(H,14,15)/t11-/m0/s1. The average molecular weight is 287 g/mol. The SMILES string of the molecule is CCOP(=O)(OCC)[C@H](NC(=O)O)c1ccccc1. The van der Waals surface area contributed by atoms with Gasteiger partial charge in [-0.25, -0.2) is 4.79 Å². The summed E-state index contributed by atoms with van der Waals surface area (Å²) >= 11 is 0. The van der Waals surface area contributed by atoms with Gasteiger partial charge >= 0.3 is 13.7 Å². The lowest BCUT2D eigenvalue weighted by molar-refractivity contribution is 0.181. The van der Waals surface area contributed by atoms with Crippen LogP contribution < -0.4 is 5.32 Å². The Morgan fingerprint density at radius 1 is 1.26 bits per heavy atom. The van der Waals surface area contributed by atoms with E-state index in [2.05, 4.69) is 5.32 Å². The maximum absolute atomic E-state index is 12.7. The Bertz CT molecular complexity index is 441. The number of carboxylic acid groups (broad SMARTS) is 1. The zero-order chi connectivity index (χ0) is 14.3. The van der Waals surface area contributed by atoms with Crippen molar-refractivity contribution in [3.8, 4) is 0 Å². The van der Waals surface area contributed by atoms with Crippen molar-refractivity contribution in [1.82, 2.24) is 5.32 Å². The van der Waals surface area contributed by atoms with Gasteiger partial charge in [0.25, 0.3) is 0 Å². The fourth-order valence-electron chi connectivity index (χ4n) is 1.64. The molecule has 0 bridgehead atoms. The minimum atomic E-state index is -3.60. The molecule has 0 aliphatic carbocycles. The predicted molar refractivity (Wildman–Crippen MR) is 71.2 cm³/mol. The van der Waals surface area contributed by atoms with Crippen LogP contribution in [0.25, 0.3) is 0 Å². The molecular weight excluding hydrogens is 269 g/mol. The summed E-state index contributed by atoms with van der Waals surface area (Å²) in [6.07, 6.45) is -1.28. The number of carbonyl (C=O) groups is 1. The monoisotopic (exact) mass is 287 g/mol. The lowest BCUT2D eigenvalue weighted by Gasteiger charge is -2.26. The molecule has 1 rings (SSSR count). The van der Waals surface area contributed by atoms with E-state index in [4.69, 9.17) is 14.2 Å². The lowest BCUT2D eigenvalue weighted by Crippen LogP contribution is -2.28.